The number of amidine groups is 1. The molecular weight excluding hydrogens is 496 g/mol. The van der Waals surface area contributed by atoms with E-state index in [1.165, 1.54) is 23.1 Å². The number of thioether (sulfide) groups is 1. The van der Waals surface area contributed by atoms with Gasteiger partial charge in [0, 0.05) is 6.54 Å². The number of carbonyl (C=O) groups is 1. The smallest absolute Gasteiger partial charge is 0.284 e. The zero-order valence-corrected chi connectivity index (χ0v) is 21.2. The van der Waals surface area contributed by atoms with Crippen molar-refractivity contribution in [1.82, 2.24) is 4.90 Å². The van der Waals surface area contributed by atoms with E-state index in [0.29, 0.717) is 28.6 Å². The third-order valence-electron chi connectivity index (χ3n) is 5.16. The molecule has 0 N–H and O–H groups in total. The second-order valence-corrected chi connectivity index (χ2v) is 10.3. The van der Waals surface area contributed by atoms with Gasteiger partial charge in [0.2, 0.25) is 0 Å². The van der Waals surface area contributed by atoms with Gasteiger partial charge in [-0.1, -0.05) is 60.7 Å². The molecule has 1 aliphatic rings. The number of benzene rings is 3. The number of amides is 1. The Morgan fingerprint density at radius 3 is 2.36 bits per heavy atom. The van der Waals surface area contributed by atoms with E-state index < -0.39 is 10.0 Å². The molecule has 0 bridgehead atoms. The standard InChI is InChI=1S/C27H24N2O5S2/c1-3-16-29-26(30)25(35-27(29)28-36(31,32)22-12-8-5-9-13-22)18-21-14-15-23(24(17-21)33-2)34-19-20-10-6-4-7-11-20/h3-15,17-18H,1,16,19H2,2H3/b25-18-,28-27?. The van der Waals surface area contributed by atoms with Crippen LogP contribution in [-0.4, -0.2) is 38.0 Å². The molecule has 1 amide bonds. The first-order chi connectivity index (χ1) is 17.4. The van der Waals surface area contributed by atoms with Crippen LogP contribution < -0.4 is 9.47 Å². The highest BCUT2D eigenvalue weighted by Crippen LogP contribution is 2.35. The van der Waals surface area contributed by atoms with Crippen LogP contribution in [0.25, 0.3) is 6.08 Å². The van der Waals surface area contributed by atoms with Gasteiger partial charge < -0.3 is 9.47 Å². The molecule has 0 radical (unpaired) electrons. The molecule has 0 atom stereocenters. The molecule has 1 saturated heterocycles. The Kier molecular flexibility index (Phi) is 7.92. The Morgan fingerprint density at radius 1 is 1.00 bits per heavy atom. The van der Waals surface area contributed by atoms with Crippen molar-refractivity contribution in [3.8, 4) is 11.5 Å². The summed E-state index contributed by atoms with van der Waals surface area (Å²) in [7, 11) is -2.44. The molecule has 7 nitrogen and oxygen atoms in total. The van der Waals surface area contributed by atoms with E-state index in [2.05, 4.69) is 11.0 Å². The van der Waals surface area contributed by atoms with Crippen LogP contribution in [0.4, 0.5) is 0 Å². The summed E-state index contributed by atoms with van der Waals surface area (Å²) in [5.74, 6) is 0.725. The monoisotopic (exact) mass is 520 g/mol. The zero-order chi connectivity index (χ0) is 25.5. The van der Waals surface area contributed by atoms with Gasteiger partial charge in [0.1, 0.15) is 6.61 Å². The first kappa shape index (κ1) is 25.3. The van der Waals surface area contributed by atoms with Crippen molar-refractivity contribution in [3.05, 3.63) is 108 Å². The molecule has 0 spiro atoms. The van der Waals surface area contributed by atoms with Crippen LogP contribution >= 0.6 is 11.8 Å². The van der Waals surface area contributed by atoms with Crippen LogP contribution in [0.1, 0.15) is 11.1 Å². The minimum Gasteiger partial charge on any atom is -0.493 e. The first-order valence-electron chi connectivity index (χ1n) is 11.0. The maximum absolute atomic E-state index is 13.1. The van der Waals surface area contributed by atoms with Crippen LogP contribution in [-0.2, 0) is 21.4 Å². The molecule has 0 saturated carbocycles. The number of sulfonamides is 1. The zero-order valence-electron chi connectivity index (χ0n) is 19.5. The number of carbonyl (C=O) groups excluding carboxylic acids is 1. The molecule has 0 aliphatic carbocycles. The lowest BCUT2D eigenvalue weighted by Gasteiger charge is -2.12. The van der Waals surface area contributed by atoms with E-state index >= 15 is 0 Å². The van der Waals surface area contributed by atoms with Crippen LogP contribution in [0.15, 0.2) is 106 Å². The molecular formula is C27H24N2O5S2. The Balaban J connectivity index is 1.59. The van der Waals surface area contributed by atoms with Crippen LogP contribution in [0.3, 0.4) is 0 Å². The summed E-state index contributed by atoms with van der Waals surface area (Å²) in [6.45, 7) is 4.18. The van der Waals surface area contributed by atoms with Crippen molar-refractivity contribution in [2.24, 2.45) is 4.40 Å². The number of methoxy groups -OCH3 is 1. The fourth-order valence-electron chi connectivity index (χ4n) is 3.39. The van der Waals surface area contributed by atoms with E-state index in [-0.39, 0.29) is 22.5 Å². The van der Waals surface area contributed by atoms with Crippen molar-refractivity contribution < 1.29 is 22.7 Å². The molecule has 1 fully saturated rings. The molecule has 184 valence electrons. The normalized spacial score (nSPS) is 15.9. The van der Waals surface area contributed by atoms with Gasteiger partial charge in [-0.3, -0.25) is 9.69 Å². The second-order valence-electron chi connectivity index (χ2n) is 7.66. The average Bonchev–Trinajstić information content (AvgIpc) is 3.17. The van der Waals surface area contributed by atoms with E-state index in [4.69, 9.17) is 9.47 Å². The summed E-state index contributed by atoms with van der Waals surface area (Å²) in [5.41, 5.74) is 1.72. The lowest BCUT2D eigenvalue weighted by molar-refractivity contribution is -0.121. The topological polar surface area (TPSA) is 85.3 Å². The van der Waals surface area contributed by atoms with Gasteiger partial charge in [-0.2, -0.15) is 8.42 Å². The fraction of sp³-hybridized carbons (Fsp3) is 0.111. The Morgan fingerprint density at radius 2 is 1.69 bits per heavy atom. The Hall–Kier alpha value is -3.82. The molecule has 0 aromatic heterocycles. The third kappa shape index (κ3) is 5.87. The average molecular weight is 521 g/mol. The van der Waals surface area contributed by atoms with Crippen molar-refractivity contribution in [2.75, 3.05) is 13.7 Å². The number of ether oxygens (including phenoxy) is 2. The molecule has 9 heteroatoms. The molecule has 1 heterocycles. The molecule has 4 rings (SSSR count). The number of hydrogen-bond donors (Lipinski definition) is 0. The summed E-state index contributed by atoms with van der Waals surface area (Å²) >= 11 is 0.997. The van der Waals surface area contributed by atoms with Gasteiger partial charge in [0.05, 0.1) is 16.9 Å². The van der Waals surface area contributed by atoms with Crippen molar-refractivity contribution >= 4 is 38.9 Å². The number of rotatable bonds is 9. The lowest BCUT2D eigenvalue weighted by Crippen LogP contribution is -2.29. The summed E-state index contributed by atoms with van der Waals surface area (Å²) in [6.07, 6.45) is 3.19. The predicted octanol–water partition coefficient (Wildman–Crippen LogP) is 5.12. The highest BCUT2D eigenvalue weighted by molar-refractivity contribution is 8.19. The van der Waals surface area contributed by atoms with E-state index in [1.54, 1.807) is 49.6 Å². The first-order valence-corrected chi connectivity index (χ1v) is 13.2. The molecule has 1 aliphatic heterocycles. The van der Waals surface area contributed by atoms with Gasteiger partial charge >= 0.3 is 0 Å². The minimum absolute atomic E-state index is 0.0531. The maximum Gasteiger partial charge on any atom is 0.284 e. The highest BCUT2D eigenvalue weighted by atomic mass is 32.2. The quantitative estimate of drug-likeness (QED) is 0.288. The number of hydrogen-bond acceptors (Lipinski definition) is 6. The van der Waals surface area contributed by atoms with Crippen molar-refractivity contribution in [2.45, 2.75) is 11.5 Å². The molecule has 3 aromatic rings. The number of nitrogens with zero attached hydrogens (tertiary/aromatic N) is 2. The summed E-state index contributed by atoms with van der Waals surface area (Å²) < 4.78 is 40.9. The fourth-order valence-corrected chi connectivity index (χ4v) is 5.61. The van der Waals surface area contributed by atoms with Gasteiger partial charge in [-0.25, -0.2) is 0 Å². The Bertz CT molecular complexity index is 1420. The third-order valence-corrected chi connectivity index (χ3v) is 7.57. The van der Waals surface area contributed by atoms with Gasteiger partial charge in [0.25, 0.3) is 15.9 Å². The predicted molar refractivity (Wildman–Crippen MR) is 142 cm³/mol. The summed E-state index contributed by atoms with van der Waals surface area (Å²) in [5, 5.41) is 0.0739. The Labute approximate surface area is 214 Å². The van der Waals surface area contributed by atoms with Crippen LogP contribution in [0.2, 0.25) is 0 Å². The molecule has 36 heavy (non-hydrogen) atoms. The second kappa shape index (κ2) is 11.3. The minimum atomic E-state index is -3.99. The highest BCUT2D eigenvalue weighted by Gasteiger charge is 2.34. The largest absolute Gasteiger partial charge is 0.493 e. The van der Waals surface area contributed by atoms with Crippen LogP contribution in [0, 0.1) is 0 Å². The maximum atomic E-state index is 13.1. The molecule has 0 unspecified atom stereocenters. The van der Waals surface area contributed by atoms with E-state index in [1.807, 2.05) is 30.3 Å². The summed E-state index contributed by atoms with van der Waals surface area (Å²) in [6, 6.07) is 23.0. The van der Waals surface area contributed by atoms with E-state index in [9.17, 15) is 13.2 Å². The lowest BCUT2D eigenvalue weighted by atomic mass is 10.1. The van der Waals surface area contributed by atoms with Crippen LogP contribution in [0.5, 0.6) is 11.5 Å². The summed E-state index contributed by atoms with van der Waals surface area (Å²) in [4.78, 5) is 14.7. The van der Waals surface area contributed by atoms with E-state index in [0.717, 1.165) is 17.3 Å². The van der Waals surface area contributed by atoms with Gasteiger partial charge in [-0.15, -0.1) is 11.0 Å². The van der Waals surface area contributed by atoms with Gasteiger partial charge in [0.15, 0.2) is 16.7 Å². The van der Waals surface area contributed by atoms with Crippen molar-refractivity contribution in [3.63, 3.8) is 0 Å². The van der Waals surface area contributed by atoms with Crippen molar-refractivity contribution in [1.29, 1.82) is 0 Å². The van der Waals surface area contributed by atoms with Gasteiger partial charge in [-0.05, 0) is 53.2 Å². The molecule has 3 aromatic carbocycles. The SMILES string of the molecule is C=CCN1C(=O)/C(=C/c2ccc(OCc3ccccc3)c(OC)c2)SC1=NS(=O)(=O)c1ccccc1.